The molecule has 0 amide bonds. The summed E-state index contributed by atoms with van der Waals surface area (Å²) in [6.45, 7) is 4.05. The zero-order chi connectivity index (χ0) is 8.55. The maximum Gasteiger partial charge on any atom is 0.155 e. The number of nitrogens with one attached hydrogen (secondary N) is 1. The highest BCUT2D eigenvalue weighted by Gasteiger charge is 2.15. The van der Waals surface area contributed by atoms with Gasteiger partial charge in [0.05, 0.1) is 12.2 Å². The van der Waals surface area contributed by atoms with Gasteiger partial charge in [0.25, 0.3) is 0 Å². The third-order valence-electron chi connectivity index (χ3n) is 1.97. The average Bonchev–Trinajstić information content (AvgIpc) is 2.07. The lowest BCUT2D eigenvalue weighted by atomic mass is 10.2. The highest BCUT2D eigenvalue weighted by Crippen LogP contribution is 2.25. The molecule has 0 saturated heterocycles. The van der Waals surface area contributed by atoms with Crippen molar-refractivity contribution in [2.45, 2.75) is 19.9 Å². The van der Waals surface area contributed by atoms with E-state index in [2.05, 4.69) is 27.2 Å². The van der Waals surface area contributed by atoms with Gasteiger partial charge in [-0.25, -0.2) is 9.97 Å². The molecular formula is C8H10N4. The largest absolute Gasteiger partial charge is 0.360 e. The number of nitrogens with zero attached hydrogens (tertiary/aromatic N) is 3. The fourth-order valence-electron chi connectivity index (χ4n) is 1.11. The fourth-order valence-corrected chi connectivity index (χ4v) is 1.11. The van der Waals surface area contributed by atoms with Gasteiger partial charge in [0.15, 0.2) is 5.82 Å². The van der Waals surface area contributed by atoms with E-state index < -0.39 is 0 Å². The minimum absolute atomic E-state index is 0.271. The number of anilines is 1. The van der Waals surface area contributed by atoms with Crippen LogP contribution in [-0.4, -0.2) is 21.7 Å². The Kier molecular flexibility index (Phi) is 1.53. The van der Waals surface area contributed by atoms with E-state index in [0.717, 1.165) is 17.2 Å². The van der Waals surface area contributed by atoms with Crippen molar-refractivity contribution >= 4 is 17.2 Å². The maximum absolute atomic E-state index is 4.36. The first-order valence-electron chi connectivity index (χ1n) is 3.89. The van der Waals surface area contributed by atoms with E-state index >= 15 is 0 Å². The van der Waals surface area contributed by atoms with Crippen molar-refractivity contribution in [1.29, 1.82) is 0 Å². The minimum Gasteiger partial charge on any atom is -0.360 e. The molecule has 0 aliphatic carbocycles. The van der Waals surface area contributed by atoms with Crippen LogP contribution in [0.25, 0.3) is 0 Å². The number of aliphatic imine (C=N–C) groups is 1. The Morgan fingerprint density at radius 1 is 1.50 bits per heavy atom. The molecule has 1 aromatic heterocycles. The van der Waals surface area contributed by atoms with Crippen LogP contribution in [0.5, 0.6) is 0 Å². The van der Waals surface area contributed by atoms with Crippen LogP contribution in [-0.2, 0) is 0 Å². The van der Waals surface area contributed by atoms with Crippen molar-refractivity contribution < 1.29 is 0 Å². The number of aromatic nitrogens is 2. The Bertz CT molecular complexity index is 332. The van der Waals surface area contributed by atoms with Crippen LogP contribution in [0.15, 0.2) is 17.5 Å². The lowest BCUT2D eigenvalue weighted by molar-refractivity contribution is 0.983. The van der Waals surface area contributed by atoms with Gasteiger partial charge in [-0.05, 0) is 13.8 Å². The molecule has 2 heterocycles. The molecule has 1 N–H and O–H groups in total. The summed E-state index contributed by atoms with van der Waals surface area (Å²) in [6.07, 6.45) is 3.24. The van der Waals surface area contributed by atoms with E-state index in [-0.39, 0.29) is 6.04 Å². The van der Waals surface area contributed by atoms with Gasteiger partial charge >= 0.3 is 0 Å². The van der Waals surface area contributed by atoms with Gasteiger partial charge in [0.1, 0.15) is 12.0 Å². The smallest absolute Gasteiger partial charge is 0.155 e. The van der Waals surface area contributed by atoms with Crippen LogP contribution >= 0.6 is 0 Å². The minimum atomic E-state index is 0.271. The van der Waals surface area contributed by atoms with Gasteiger partial charge < -0.3 is 5.32 Å². The summed E-state index contributed by atoms with van der Waals surface area (Å²) >= 11 is 0. The number of fused-ring (bicyclic) bond motifs is 1. The summed E-state index contributed by atoms with van der Waals surface area (Å²) in [4.78, 5) is 12.3. The molecule has 0 fully saturated rings. The highest BCUT2D eigenvalue weighted by molar-refractivity contribution is 5.95. The van der Waals surface area contributed by atoms with Crippen LogP contribution in [0.1, 0.15) is 13.8 Å². The van der Waals surface area contributed by atoms with Crippen LogP contribution < -0.4 is 5.32 Å². The molecule has 0 saturated carbocycles. The fraction of sp³-hybridized carbons (Fsp3) is 0.375. The van der Waals surface area contributed by atoms with Crippen molar-refractivity contribution in [1.82, 2.24) is 9.97 Å². The van der Waals surface area contributed by atoms with Crippen molar-refractivity contribution in [2.75, 3.05) is 5.32 Å². The van der Waals surface area contributed by atoms with E-state index in [1.165, 1.54) is 6.33 Å². The highest BCUT2D eigenvalue weighted by atomic mass is 15.1. The SMILES string of the molecule is CC1=Nc2cncnc2NC1C. The summed E-state index contributed by atoms with van der Waals surface area (Å²) in [5.74, 6) is 0.822. The summed E-state index contributed by atoms with van der Waals surface area (Å²) < 4.78 is 0. The Balaban J connectivity index is 2.49. The van der Waals surface area contributed by atoms with Gasteiger partial charge in [-0.15, -0.1) is 0 Å². The Morgan fingerprint density at radius 3 is 3.17 bits per heavy atom. The molecule has 1 aliphatic rings. The third kappa shape index (κ3) is 1.05. The third-order valence-corrected chi connectivity index (χ3v) is 1.97. The molecule has 1 atom stereocenters. The van der Waals surface area contributed by atoms with Crippen molar-refractivity contribution in [3.05, 3.63) is 12.5 Å². The zero-order valence-corrected chi connectivity index (χ0v) is 7.07. The van der Waals surface area contributed by atoms with Gasteiger partial charge in [-0.2, -0.15) is 0 Å². The monoisotopic (exact) mass is 162 g/mol. The molecule has 1 aromatic rings. The van der Waals surface area contributed by atoms with Crippen LogP contribution in [0, 0.1) is 0 Å². The van der Waals surface area contributed by atoms with E-state index in [0.29, 0.717) is 0 Å². The van der Waals surface area contributed by atoms with Crippen LogP contribution in [0.4, 0.5) is 11.5 Å². The Morgan fingerprint density at radius 2 is 2.33 bits per heavy atom. The van der Waals surface area contributed by atoms with Gasteiger partial charge in [-0.1, -0.05) is 0 Å². The second-order valence-electron chi connectivity index (χ2n) is 2.88. The zero-order valence-electron chi connectivity index (χ0n) is 7.07. The lowest BCUT2D eigenvalue weighted by Gasteiger charge is -2.20. The van der Waals surface area contributed by atoms with E-state index in [4.69, 9.17) is 0 Å². The van der Waals surface area contributed by atoms with Crippen molar-refractivity contribution in [3.8, 4) is 0 Å². The topological polar surface area (TPSA) is 50.2 Å². The van der Waals surface area contributed by atoms with Crippen LogP contribution in [0.3, 0.4) is 0 Å². The summed E-state index contributed by atoms with van der Waals surface area (Å²) in [7, 11) is 0. The number of hydrogen-bond acceptors (Lipinski definition) is 4. The summed E-state index contributed by atoms with van der Waals surface area (Å²) in [6, 6.07) is 0.271. The predicted molar refractivity (Wildman–Crippen MR) is 47.9 cm³/mol. The average molecular weight is 162 g/mol. The molecule has 0 bridgehead atoms. The quantitative estimate of drug-likeness (QED) is 0.627. The van der Waals surface area contributed by atoms with E-state index in [9.17, 15) is 0 Å². The van der Waals surface area contributed by atoms with E-state index in [1.54, 1.807) is 6.20 Å². The molecule has 1 unspecified atom stereocenters. The van der Waals surface area contributed by atoms with Gasteiger partial charge in [0, 0.05) is 5.71 Å². The maximum atomic E-state index is 4.36. The lowest BCUT2D eigenvalue weighted by Crippen LogP contribution is -2.27. The normalized spacial score (nSPS) is 20.8. The molecule has 12 heavy (non-hydrogen) atoms. The second kappa shape index (κ2) is 2.55. The van der Waals surface area contributed by atoms with Crippen molar-refractivity contribution in [2.24, 2.45) is 4.99 Å². The molecule has 62 valence electrons. The molecule has 4 heteroatoms. The van der Waals surface area contributed by atoms with Gasteiger partial charge in [-0.3, -0.25) is 4.99 Å². The molecule has 4 nitrogen and oxygen atoms in total. The Hall–Kier alpha value is -1.45. The molecule has 0 radical (unpaired) electrons. The predicted octanol–water partition coefficient (Wildman–Crippen LogP) is 1.38. The first-order chi connectivity index (χ1) is 5.77. The van der Waals surface area contributed by atoms with Crippen LogP contribution in [0.2, 0.25) is 0 Å². The Labute approximate surface area is 70.8 Å². The molecule has 2 rings (SSSR count). The first kappa shape index (κ1) is 7.21. The first-order valence-corrected chi connectivity index (χ1v) is 3.89. The van der Waals surface area contributed by atoms with E-state index in [1.807, 2.05) is 6.92 Å². The van der Waals surface area contributed by atoms with Gasteiger partial charge in [0.2, 0.25) is 0 Å². The molecule has 1 aliphatic heterocycles. The summed E-state index contributed by atoms with van der Waals surface area (Å²) in [5.41, 5.74) is 1.89. The molecule has 0 spiro atoms. The number of rotatable bonds is 0. The standard InChI is InChI=1S/C8H10N4/c1-5-6(2)12-8-7(11-5)3-9-4-10-8/h3-4,6H,1-2H3,(H,9,10,12). The molecule has 0 aromatic carbocycles. The number of hydrogen-bond donors (Lipinski definition) is 1. The van der Waals surface area contributed by atoms with Crippen molar-refractivity contribution in [3.63, 3.8) is 0 Å². The second-order valence-corrected chi connectivity index (χ2v) is 2.88. The summed E-state index contributed by atoms with van der Waals surface area (Å²) in [5, 5.41) is 3.23. The molecular weight excluding hydrogens is 152 g/mol.